The minimum atomic E-state index is -0.865. The Morgan fingerprint density at radius 1 is 1.31 bits per heavy atom. The smallest absolute Gasteiger partial charge is 0.325 e. The first-order valence-corrected chi connectivity index (χ1v) is 10.9. The second-order valence-corrected chi connectivity index (χ2v) is 9.39. The number of benzene rings is 1. The van der Waals surface area contributed by atoms with Crippen molar-refractivity contribution in [2.24, 2.45) is 5.92 Å². The molecule has 4 rings (SSSR count). The molecule has 0 radical (unpaired) electrons. The number of carbonyl (C=O) groups excluding carboxylic acids is 3. The number of hydrogen-bond donors (Lipinski definition) is 2. The van der Waals surface area contributed by atoms with Crippen molar-refractivity contribution in [2.45, 2.75) is 43.6 Å². The molecule has 0 aromatic heterocycles. The van der Waals surface area contributed by atoms with E-state index in [0.29, 0.717) is 19.8 Å². The van der Waals surface area contributed by atoms with Gasteiger partial charge in [-0.3, -0.25) is 14.5 Å². The molecular formula is C21H26BrN3O4. The van der Waals surface area contributed by atoms with Crippen LogP contribution >= 0.6 is 15.9 Å². The van der Waals surface area contributed by atoms with Crippen LogP contribution in [0, 0.1) is 5.92 Å². The van der Waals surface area contributed by atoms with Crippen LogP contribution in [0.15, 0.2) is 28.7 Å². The summed E-state index contributed by atoms with van der Waals surface area (Å²) in [5.74, 6) is -0.448. The molecule has 1 atom stereocenters. The van der Waals surface area contributed by atoms with Gasteiger partial charge < -0.3 is 15.4 Å². The van der Waals surface area contributed by atoms with Gasteiger partial charge in [-0.25, -0.2) is 4.79 Å². The maximum absolute atomic E-state index is 12.7. The zero-order valence-electron chi connectivity index (χ0n) is 16.5. The quantitative estimate of drug-likeness (QED) is 0.633. The molecule has 7 nitrogen and oxygen atoms in total. The van der Waals surface area contributed by atoms with Gasteiger partial charge in [0, 0.05) is 29.6 Å². The van der Waals surface area contributed by atoms with Gasteiger partial charge in [-0.2, -0.15) is 0 Å². The first-order chi connectivity index (χ1) is 13.8. The van der Waals surface area contributed by atoms with Crippen LogP contribution in [0.2, 0.25) is 0 Å². The second kappa shape index (κ2) is 7.72. The van der Waals surface area contributed by atoms with Gasteiger partial charge in [0.2, 0.25) is 5.91 Å². The number of hydrogen-bond acceptors (Lipinski definition) is 4. The minimum Gasteiger partial charge on any atom is -0.381 e. The summed E-state index contributed by atoms with van der Waals surface area (Å²) >= 11 is 3.52. The molecule has 3 fully saturated rings. The zero-order valence-corrected chi connectivity index (χ0v) is 18.1. The van der Waals surface area contributed by atoms with Crippen LogP contribution in [0.25, 0.3) is 0 Å². The molecule has 4 amide bonds. The molecule has 2 heterocycles. The summed E-state index contributed by atoms with van der Waals surface area (Å²) in [5, 5.41) is 5.75. The van der Waals surface area contributed by atoms with Gasteiger partial charge in [0.05, 0.1) is 0 Å². The van der Waals surface area contributed by atoms with Gasteiger partial charge >= 0.3 is 6.03 Å². The minimum absolute atomic E-state index is 0.175. The van der Waals surface area contributed by atoms with Crippen LogP contribution in [0.1, 0.15) is 38.2 Å². The first-order valence-electron chi connectivity index (χ1n) is 10.1. The fourth-order valence-corrected chi connectivity index (χ4v) is 4.81. The van der Waals surface area contributed by atoms with Crippen molar-refractivity contribution < 1.29 is 19.1 Å². The van der Waals surface area contributed by atoms with E-state index in [4.69, 9.17) is 4.74 Å². The molecule has 1 unspecified atom stereocenters. The third-order valence-electron chi connectivity index (χ3n) is 6.51. The van der Waals surface area contributed by atoms with E-state index in [9.17, 15) is 14.4 Å². The molecule has 1 aromatic rings. The van der Waals surface area contributed by atoms with Crippen molar-refractivity contribution in [1.29, 1.82) is 0 Å². The molecule has 29 heavy (non-hydrogen) atoms. The lowest BCUT2D eigenvalue weighted by molar-refractivity contribution is -0.135. The molecule has 156 valence electrons. The van der Waals surface area contributed by atoms with Gasteiger partial charge in [-0.05, 0) is 56.2 Å². The Labute approximate surface area is 178 Å². The molecule has 0 spiro atoms. The summed E-state index contributed by atoms with van der Waals surface area (Å²) in [7, 11) is 0. The van der Waals surface area contributed by atoms with E-state index in [0.717, 1.165) is 40.6 Å². The Hall–Kier alpha value is -1.93. The Balaban J connectivity index is 1.42. The van der Waals surface area contributed by atoms with Crippen molar-refractivity contribution in [3.8, 4) is 0 Å². The predicted molar refractivity (Wildman–Crippen MR) is 110 cm³/mol. The average molecular weight is 464 g/mol. The number of nitrogens with one attached hydrogen (secondary N) is 2. The van der Waals surface area contributed by atoms with Crippen molar-refractivity contribution in [3.05, 3.63) is 34.3 Å². The Kier molecular flexibility index (Phi) is 5.42. The van der Waals surface area contributed by atoms with Gasteiger partial charge in [0.15, 0.2) is 0 Å². The van der Waals surface area contributed by atoms with Crippen LogP contribution < -0.4 is 10.6 Å². The molecule has 1 aromatic carbocycles. The molecular weight excluding hydrogens is 438 g/mol. The largest absolute Gasteiger partial charge is 0.381 e. The van der Waals surface area contributed by atoms with Crippen LogP contribution in [0.4, 0.5) is 4.79 Å². The molecule has 1 saturated carbocycles. The monoisotopic (exact) mass is 463 g/mol. The number of carbonyl (C=O) groups is 3. The highest BCUT2D eigenvalue weighted by Crippen LogP contribution is 2.42. The van der Waals surface area contributed by atoms with E-state index in [1.54, 1.807) is 6.92 Å². The summed E-state index contributed by atoms with van der Waals surface area (Å²) in [6, 6.07) is 7.64. The fourth-order valence-electron chi connectivity index (χ4n) is 4.41. The van der Waals surface area contributed by atoms with E-state index >= 15 is 0 Å². The Morgan fingerprint density at radius 3 is 2.69 bits per heavy atom. The van der Waals surface area contributed by atoms with E-state index in [2.05, 4.69) is 38.7 Å². The summed E-state index contributed by atoms with van der Waals surface area (Å²) in [4.78, 5) is 38.7. The highest BCUT2D eigenvalue weighted by Gasteiger charge is 2.56. The summed E-state index contributed by atoms with van der Waals surface area (Å²) in [6.45, 7) is 3.21. The van der Waals surface area contributed by atoms with Crippen molar-refractivity contribution >= 4 is 33.8 Å². The molecule has 8 heteroatoms. The third-order valence-corrected chi connectivity index (χ3v) is 7.00. The van der Waals surface area contributed by atoms with E-state index < -0.39 is 11.6 Å². The highest BCUT2D eigenvalue weighted by molar-refractivity contribution is 9.10. The number of halogens is 1. The number of imide groups is 1. The number of ether oxygens (including phenoxy) is 1. The van der Waals surface area contributed by atoms with E-state index in [1.165, 1.54) is 0 Å². The van der Waals surface area contributed by atoms with Gasteiger partial charge in [0.25, 0.3) is 5.91 Å². The van der Waals surface area contributed by atoms with Crippen LogP contribution in [-0.2, 0) is 19.7 Å². The Bertz CT molecular complexity index is 835. The van der Waals surface area contributed by atoms with Gasteiger partial charge in [-0.1, -0.05) is 28.1 Å². The fraction of sp³-hybridized carbons (Fsp3) is 0.571. The third kappa shape index (κ3) is 3.92. The maximum Gasteiger partial charge on any atom is 0.325 e. The molecule has 2 aliphatic heterocycles. The molecule has 2 saturated heterocycles. The molecule has 0 bridgehead atoms. The second-order valence-electron chi connectivity index (χ2n) is 8.48. The molecule has 1 aliphatic carbocycles. The number of nitrogens with zero attached hydrogens (tertiary/aromatic N) is 1. The van der Waals surface area contributed by atoms with Gasteiger partial charge in [0.1, 0.15) is 12.1 Å². The highest BCUT2D eigenvalue weighted by atomic mass is 79.9. The van der Waals surface area contributed by atoms with Crippen LogP contribution in [-0.4, -0.2) is 54.6 Å². The van der Waals surface area contributed by atoms with Crippen LogP contribution in [0.5, 0.6) is 0 Å². The summed E-state index contributed by atoms with van der Waals surface area (Å²) in [5.41, 5.74) is 0.0550. The standard InChI is InChI=1S/C21H26BrN3O4/c1-20(14-5-6-14)18(27)25(19(28)24-20)12-17(26)23-13-21(7-9-29-10-8-21)15-3-2-4-16(22)11-15/h2-4,11,14H,5-10,12-13H2,1H3,(H,23,26)(H,24,28). The van der Waals surface area contributed by atoms with Crippen molar-refractivity contribution in [2.75, 3.05) is 26.3 Å². The van der Waals surface area contributed by atoms with Crippen molar-refractivity contribution in [1.82, 2.24) is 15.5 Å². The summed E-state index contributed by atoms with van der Waals surface area (Å²) < 4.78 is 6.53. The normalized spacial score (nSPS) is 26.3. The van der Waals surface area contributed by atoms with Crippen molar-refractivity contribution in [3.63, 3.8) is 0 Å². The summed E-state index contributed by atoms with van der Waals surface area (Å²) in [6.07, 6.45) is 3.46. The molecule has 3 aliphatic rings. The van der Waals surface area contributed by atoms with E-state index in [1.807, 2.05) is 12.1 Å². The maximum atomic E-state index is 12.7. The first kappa shape index (κ1) is 20.3. The van der Waals surface area contributed by atoms with E-state index in [-0.39, 0.29) is 29.7 Å². The number of amides is 4. The van der Waals surface area contributed by atoms with Gasteiger partial charge in [-0.15, -0.1) is 0 Å². The Morgan fingerprint density at radius 2 is 2.03 bits per heavy atom. The number of urea groups is 1. The number of rotatable bonds is 6. The SMILES string of the molecule is CC1(C2CC2)NC(=O)N(CC(=O)NCC2(c3cccc(Br)c3)CCOCC2)C1=O. The predicted octanol–water partition coefficient (Wildman–Crippen LogP) is 2.33. The van der Waals surface area contributed by atoms with Crippen LogP contribution in [0.3, 0.4) is 0 Å². The lowest BCUT2D eigenvalue weighted by atomic mass is 9.74. The zero-order chi connectivity index (χ0) is 20.6. The topological polar surface area (TPSA) is 87.7 Å². The molecule has 2 N–H and O–H groups in total. The lowest BCUT2D eigenvalue weighted by Gasteiger charge is -2.38. The average Bonchev–Trinajstić information content (AvgIpc) is 3.53. The lowest BCUT2D eigenvalue weighted by Crippen LogP contribution is -2.49.